The van der Waals surface area contributed by atoms with Crippen molar-refractivity contribution < 1.29 is 4.52 Å². The molecule has 6 nitrogen and oxygen atoms in total. The number of rotatable bonds is 4. The van der Waals surface area contributed by atoms with Crippen LogP contribution in [0.15, 0.2) is 62.9 Å². The van der Waals surface area contributed by atoms with Crippen molar-refractivity contribution in [1.29, 1.82) is 0 Å². The van der Waals surface area contributed by atoms with Gasteiger partial charge in [-0.25, -0.2) is 0 Å². The van der Waals surface area contributed by atoms with Crippen molar-refractivity contribution in [2.75, 3.05) is 0 Å². The highest BCUT2D eigenvalue weighted by Crippen LogP contribution is 2.29. The molecule has 1 saturated carbocycles. The van der Waals surface area contributed by atoms with Crippen LogP contribution in [0.4, 0.5) is 0 Å². The molecule has 1 aliphatic carbocycles. The van der Waals surface area contributed by atoms with Gasteiger partial charge in [0, 0.05) is 30.1 Å². The average Bonchev–Trinajstić information content (AvgIpc) is 3.02. The van der Waals surface area contributed by atoms with Gasteiger partial charge in [-0.3, -0.25) is 9.59 Å². The third-order valence-corrected chi connectivity index (χ3v) is 4.50. The molecule has 6 heteroatoms. The molecule has 4 rings (SSSR count). The maximum atomic E-state index is 12.3. The monoisotopic (exact) mass is 323 g/mol. The molecule has 2 heterocycles. The van der Waals surface area contributed by atoms with Crippen molar-refractivity contribution in [3.8, 4) is 11.3 Å². The van der Waals surface area contributed by atoms with E-state index < -0.39 is 11.1 Å². The normalized spacial score (nSPS) is 14.5. The summed E-state index contributed by atoms with van der Waals surface area (Å²) in [6.45, 7) is 0.218. The lowest BCUT2D eigenvalue weighted by atomic mass is 9.93. The van der Waals surface area contributed by atoms with Gasteiger partial charge in [0.2, 0.25) is 0 Å². The predicted molar refractivity (Wildman–Crippen MR) is 88.9 cm³/mol. The topological polar surface area (TPSA) is 70.0 Å². The summed E-state index contributed by atoms with van der Waals surface area (Å²) in [6.07, 6.45) is 6.40. The van der Waals surface area contributed by atoms with Gasteiger partial charge in [-0.1, -0.05) is 35.5 Å². The molecule has 0 amide bonds. The summed E-state index contributed by atoms with van der Waals surface area (Å²) >= 11 is 0. The summed E-state index contributed by atoms with van der Waals surface area (Å²) in [4.78, 5) is 24.5. The SMILES string of the molecule is O=c1c(=O)n(C2CCC2)ccn1Cc1cc(-c2ccccc2)on1. The molecule has 122 valence electrons. The lowest BCUT2D eigenvalue weighted by Crippen LogP contribution is -2.43. The molecule has 0 radical (unpaired) electrons. The van der Waals surface area contributed by atoms with E-state index in [0.29, 0.717) is 11.5 Å². The maximum absolute atomic E-state index is 12.3. The van der Waals surface area contributed by atoms with E-state index in [2.05, 4.69) is 5.16 Å². The number of hydrogen-bond donors (Lipinski definition) is 0. The van der Waals surface area contributed by atoms with Crippen molar-refractivity contribution in [2.24, 2.45) is 0 Å². The molecule has 0 atom stereocenters. The molecule has 1 aromatic carbocycles. The Balaban J connectivity index is 1.60. The Morgan fingerprint density at radius 1 is 1.08 bits per heavy atom. The number of aromatic nitrogens is 3. The van der Waals surface area contributed by atoms with Crippen molar-refractivity contribution in [2.45, 2.75) is 31.8 Å². The van der Waals surface area contributed by atoms with Crippen LogP contribution in [0.5, 0.6) is 0 Å². The molecule has 3 aromatic rings. The summed E-state index contributed by atoms with van der Waals surface area (Å²) in [5.74, 6) is 0.640. The highest BCUT2D eigenvalue weighted by Gasteiger charge is 2.21. The Morgan fingerprint density at radius 3 is 2.58 bits per heavy atom. The molecular weight excluding hydrogens is 306 g/mol. The van der Waals surface area contributed by atoms with Gasteiger partial charge >= 0.3 is 11.1 Å². The van der Waals surface area contributed by atoms with E-state index in [1.807, 2.05) is 30.3 Å². The Hall–Kier alpha value is -2.89. The molecule has 0 aliphatic heterocycles. The molecule has 2 aromatic heterocycles. The van der Waals surface area contributed by atoms with Gasteiger partial charge in [-0.05, 0) is 19.3 Å². The zero-order chi connectivity index (χ0) is 16.5. The molecule has 0 unspecified atom stereocenters. The van der Waals surface area contributed by atoms with Crippen LogP contribution in [0, 0.1) is 0 Å². The first-order chi connectivity index (χ1) is 11.7. The van der Waals surface area contributed by atoms with Crippen molar-refractivity contribution in [3.05, 3.63) is 75.2 Å². The van der Waals surface area contributed by atoms with E-state index in [-0.39, 0.29) is 12.6 Å². The van der Waals surface area contributed by atoms with E-state index in [1.165, 1.54) is 4.57 Å². The summed E-state index contributed by atoms with van der Waals surface area (Å²) in [5, 5.41) is 4.00. The fraction of sp³-hybridized carbons (Fsp3) is 0.278. The third kappa shape index (κ3) is 2.60. The number of benzene rings is 1. The first kappa shape index (κ1) is 14.7. The van der Waals surface area contributed by atoms with Crippen molar-refractivity contribution >= 4 is 0 Å². The van der Waals surface area contributed by atoms with E-state index in [4.69, 9.17) is 4.52 Å². The second kappa shape index (κ2) is 5.96. The Labute approximate surface area is 138 Å². The second-order valence-corrected chi connectivity index (χ2v) is 6.08. The zero-order valence-corrected chi connectivity index (χ0v) is 13.1. The highest BCUT2D eigenvalue weighted by molar-refractivity contribution is 5.56. The largest absolute Gasteiger partial charge is 0.356 e. The van der Waals surface area contributed by atoms with E-state index in [1.54, 1.807) is 23.0 Å². The van der Waals surface area contributed by atoms with Crippen LogP contribution in [-0.4, -0.2) is 14.3 Å². The Morgan fingerprint density at radius 2 is 1.88 bits per heavy atom. The molecular formula is C18H17N3O3. The quantitative estimate of drug-likeness (QED) is 0.692. The highest BCUT2D eigenvalue weighted by atomic mass is 16.5. The van der Waals surface area contributed by atoms with Crippen LogP contribution in [-0.2, 0) is 6.54 Å². The van der Waals surface area contributed by atoms with E-state index >= 15 is 0 Å². The Kier molecular flexibility index (Phi) is 3.65. The van der Waals surface area contributed by atoms with Gasteiger partial charge < -0.3 is 13.7 Å². The molecule has 0 bridgehead atoms. The smallest absolute Gasteiger partial charge is 0.316 e. The fourth-order valence-corrected chi connectivity index (χ4v) is 2.90. The van der Waals surface area contributed by atoms with Crippen LogP contribution >= 0.6 is 0 Å². The summed E-state index contributed by atoms with van der Waals surface area (Å²) in [5.41, 5.74) is 0.545. The molecule has 0 spiro atoms. The molecule has 24 heavy (non-hydrogen) atoms. The summed E-state index contributed by atoms with van der Waals surface area (Å²) in [7, 11) is 0. The first-order valence-electron chi connectivity index (χ1n) is 8.05. The van der Waals surface area contributed by atoms with Crippen LogP contribution in [0.25, 0.3) is 11.3 Å². The van der Waals surface area contributed by atoms with Gasteiger partial charge in [0.25, 0.3) is 0 Å². The standard InChI is InChI=1S/C18H17N3O3/c22-17-18(23)21(15-7-4-8-15)10-9-20(17)12-14-11-16(24-19-14)13-5-2-1-3-6-13/h1-3,5-6,9-11,15H,4,7-8,12H2. The Bertz CT molecular complexity index is 965. The molecule has 1 fully saturated rings. The number of nitrogens with zero attached hydrogens (tertiary/aromatic N) is 3. The molecule has 1 aliphatic rings. The first-order valence-corrected chi connectivity index (χ1v) is 8.05. The van der Waals surface area contributed by atoms with Crippen molar-refractivity contribution in [1.82, 2.24) is 14.3 Å². The van der Waals surface area contributed by atoms with Gasteiger partial charge in [0.15, 0.2) is 5.76 Å². The van der Waals surface area contributed by atoms with Crippen LogP contribution < -0.4 is 11.1 Å². The van der Waals surface area contributed by atoms with Gasteiger partial charge in [0.05, 0.1) is 6.54 Å². The number of hydrogen-bond acceptors (Lipinski definition) is 4. The average molecular weight is 323 g/mol. The lowest BCUT2D eigenvalue weighted by molar-refractivity contribution is 0.302. The molecule has 0 N–H and O–H groups in total. The molecule has 0 saturated heterocycles. The van der Waals surface area contributed by atoms with E-state index in [0.717, 1.165) is 24.8 Å². The minimum absolute atomic E-state index is 0.177. The van der Waals surface area contributed by atoms with Crippen LogP contribution in [0.1, 0.15) is 31.0 Å². The van der Waals surface area contributed by atoms with Crippen LogP contribution in [0.2, 0.25) is 0 Å². The fourth-order valence-electron chi connectivity index (χ4n) is 2.90. The summed E-state index contributed by atoms with van der Waals surface area (Å²) in [6, 6.07) is 11.6. The predicted octanol–water partition coefficient (Wildman–Crippen LogP) is 2.44. The van der Waals surface area contributed by atoms with Gasteiger partial charge in [0.1, 0.15) is 5.69 Å². The minimum atomic E-state index is -0.520. The second-order valence-electron chi connectivity index (χ2n) is 6.08. The third-order valence-electron chi connectivity index (χ3n) is 4.50. The van der Waals surface area contributed by atoms with Gasteiger partial charge in [-0.2, -0.15) is 0 Å². The lowest BCUT2D eigenvalue weighted by Gasteiger charge is -2.27. The van der Waals surface area contributed by atoms with Crippen LogP contribution in [0.3, 0.4) is 0 Å². The maximum Gasteiger partial charge on any atom is 0.316 e. The summed E-state index contributed by atoms with van der Waals surface area (Å²) < 4.78 is 8.27. The van der Waals surface area contributed by atoms with Gasteiger partial charge in [-0.15, -0.1) is 0 Å². The minimum Gasteiger partial charge on any atom is -0.356 e. The van der Waals surface area contributed by atoms with E-state index in [9.17, 15) is 9.59 Å². The van der Waals surface area contributed by atoms with Crippen molar-refractivity contribution in [3.63, 3.8) is 0 Å². The zero-order valence-electron chi connectivity index (χ0n) is 13.1.